The van der Waals surface area contributed by atoms with Gasteiger partial charge in [-0.3, -0.25) is 0 Å². The van der Waals surface area contributed by atoms with Crippen molar-refractivity contribution in [2.75, 3.05) is 6.61 Å². The number of ether oxygens (including phenoxy) is 1. The molecular weight excluding hydrogens is 270 g/mol. The number of rotatable bonds is 2. The standard InChI is InChI=1S/C17H18ClNO/c1-10-4-3-5-14(11(10)2)16(19)15-9-13(18)8-12-6-7-20-17(12)15/h3-5,8-9,16H,6-7,19H2,1-2H3. The first-order chi connectivity index (χ1) is 9.58. The predicted molar refractivity (Wildman–Crippen MR) is 82.6 cm³/mol. The summed E-state index contributed by atoms with van der Waals surface area (Å²) >= 11 is 6.22. The molecule has 1 aliphatic heterocycles. The lowest BCUT2D eigenvalue weighted by molar-refractivity contribution is 0.352. The summed E-state index contributed by atoms with van der Waals surface area (Å²) in [5.74, 6) is 0.919. The second-order valence-electron chi connectivity index (χ2n) is 5.35. The zero-order valence-electron chi connectivity index (χ0n) is 11.7. The van der Waals surface area contributed by atoms with Gasteiger partial charge >= 0.3 is 0 Å². The Bertz CT molecular complexity index is 666. The Kier molecular flexibility index (Phi) is 3.45. The fraction of sp³-hybridized carbons (Fsp3) is 0.294. The van der Waals surface area contributed by atoms with Crippen molar-refractivity contribution in [1.82, 2.24) is 0 Å². The van der Waals surface area contributed by atoms with Crippen LogP contribution in [0.3, 0.4) is 0 Å². The van der Waals surface area contributed by atoms with Gasteiger partial charge < -0.3 is 10.5 Å². The summed E-state index contributed by atoms with van der Waals surface area (Å²) in [4.78, 5) is 0. The molecule has 20 heavy (non-hydrogen) atoms. The summed E-state index contributed by atoms with van der Waals surface area (Å²) in [5.41, 5.74) is 12.2. The monoisotopic (exact) mass is 287 g/mol. The van der Waals surface area contributed by atoms with Gasteiger partial charge in [-0.05, 0) is 48.2 Å². The molecule has 104 valence electrons. The van der Waals surface area contributed by atoms with E-state index >= 15 is 0 Å². The Morgan fingerprint density at radius 3 is 2.80 bits per heavy atom. The molecule has 2 nitrogen and oxygen atoms in total. The molecule has 0 radical (unpaired) electrons. The van der Waals surface area contributed by atoms with Crippen LogP contribution in [-0.4, -0.2) is 6.61 Å². The van der Waals surface area contributed by atoms with Crippen LogP contribution in [0.25, 0.3) is 0 Å². The topological polar surface area (TPSA) is 35.2 Å². The zero-order chi connectivity index (χ0) is 14.3. The Morgan fingerprint density at radius 2 is 2.00 bits per heavy atom. The molecule has 0 amide bonds. The molecule has 0 bridgehead atoms. The van der Waals surface area contributed by atoms with Gasteiger partial charge in [0.2, 0.25) is 0 Å². The first-order valence-electron chi connectivity index (χ1n) is 6.84. The normalized spacial score (nSPS) is 14.8. The van der Waals surface area contributed by atoms with Crippen LogP contribution in [0.4, 0.5) is 0 Å². The number of hydrogen-bond donors (Lipinski definition) is 1. The number of nitrogens with two attached hydrogens (primary N) is 1. The molecule has 1 unspecified atom stereocenters. The van der Waals surface area contributed by atoms with E-state index in [-0.39, 0.29) is 6.04 Å². The van der Waals surface area contributed by atoms with E-state index in [0.29, 0.717) is 6.61 Å². The van der Waals surface area contributed by atoms with E-state index < -0.39 is 0 Å². The van der Waals surface area contributed by atoms with Gasteiger partial charge in [0.05, 0.1) is 12.6 Å². The van der Waals surface area contributed by atoms with Crippen LogP contribution in [0.2, 0.25) is 5.02 Å². The second kappa shape index (κ2) is 5.12. The molecule has 0 saturated carbocycles. The van der Waals surface area contributed by atoms with Gasteiger partial charge in [-0.2, -0.15) is 0 Å². The summed E-state index contributed by atoms with van der Waals surface area (Å²) in [7, 11) is 0. The highest BCUT2D eigenvalue weighted by molar-refractivity contribution is 6.30. The molecular formula is C17H18ClNO. The molecule has 0 aliphatic carbocycles. The number of halogens is 1. The number of hydrogen-bond acceptors (Lipinski definition) is 2. The van der Waals surface area contributed by atoms with Gasteiger partial charge in [0.25, 0.3) is 0 Å². The molecule has 1 heterocycles. The van der Waals surface area contributed by atoms with Gasteiger partial charge in [0.1, 0.15) is 5.75 Å². The highest BCUT2D eigenvalue weighted by Gasteiger charge is 2.23. The predicted octanol–water partition coefficient (Wildman–Crippen LogP) is 3.94. The van der Waals surface area contributed by atoms with E-state index in [9.17, 15) is 0 Å². The fourth-order valence-corrected chi connectivity index (χ4v) is 3.06. The van der Waals surface area contributed by atoms with Crippen molar-refractivity contribution in [3.8, 4) is 5.75 Å². The SMILES string of the molecule is Cc1cccc(C(N)c2cc(Cl)cc3c2OCC3)c1C. The zero-order valence-corrected chi connectivity index (χ0v) is 12.5. The number of aryl methyl sites for hydroxylation is 1. The summed E-state index contributed by atoms with van der Waals surface area (Å²) < 4.78 is 5.76. The van der Waals surface area contributed by atoms with E-state index in [2.05, 4.69) is 26.0 Å². The van der Waals surface area contributed by atoms with Crippen LogP contribution in [0, 0.1) is 13.8 Å². The molecule has 2 aromatic carbocycles. The van der Waals surface area contributed by atoms with Crippen molar-refractivity contribution >= 4 is 11.6 Å². The van der Waals surface area contributed by atoms with Crippen LogP contribution < -0.4 is 10.5 Å². The first kappa shape index (κ1) is 13.5. The van der Waals surface area contributed by atoms with E-state index in [0.717, 1.165) is 33.9 Å². The van der Waals surface area contributed by atoms with E-state index in [1.165, 1.54) is 11.1 Å². The van der Waals surface area contributed by atoms with Gasteiger partial charge in [0, 0.05) is 17.0 Å². The fourth-order valence-electron chi connectivity index (χ4n) is 2.81. The third-order valence-electron chi connectivity index (χ3n) is 4.09. The summed E-state index contributed by atoms with van der Waals surface area (Å²) in [6.07, 6.45) is 0.905. The molecule has 2 N–H and O–H groups in total. The van der Waals surface area contributed by atoms with Crippen LogP contribution in [0.1, 0.15) is 33.9 Å². The van der Waals surface area contributed by atoms with Crippen molar-refractivity contribution in [3.05, 3.63) is 63.2 Å². The maximum atomic E-state index is 6.49. The van der Waals surface area contributed by atoms with Crippen LogP contribution >= 0.6 is 11.6 Å². The second-order valence-corrected chi connectivity index (χ2v) is 5.78. The molecule has 3 heteroatoms. The Morgan fingerprint density at radius 1 is 1.20 bits per heavy atom. The van der Waals surface area contributed by atoms with Gasteiger partial charge in [-0.25, -0.2) is 0 Å². The lowest BCUT2D eigenvalue weighted by Gasteiger charge is -2.19. The van der Waals surface area contributed by atoms with Crippen molar-refractivity contribution in [2.45, 2.75) is 26.3 Å². The van der Waals surface area contributed by atoms with E-state index in [4.69, 9.17) is 22.1 Å². The van der Waals surface area contributed by atoms with Gasteiger partial charge in [-0.1, -0.05) is 29.8 Å². The third kappa shape index (κ3) is 2.19. The highest BCUT2D eigenvalue weighted by atomic mass is 35.5. The van der Waals surface area contributed by atoms with E-state index in [1.807, 2.05) is 18.2 Å². The molecule has 0 aromatic heterocycles. The molecule has 0 fully saturated rings. The Balaban J connectivity index is 2.11. The maximum Gasteiger partial charge on any atom is 0.127 e. The molecule has 0 saturated heterocycles. The highest BCUT2D eigenvalue weighted by Crippen LogP contribution is 2.38. The minimum Gasteiger partial charge on any atom is -0.493 e. The number of benzene rings is 2. The average molecular weight is 288 g/mol. The smallest absolute Gasteiger partial charge is 0.127 e. The first-order valence-corrected chi connectivity index (χ1v) is 7.22. The average Bonchev–Trinajstić information content (AvgIpc) is 2.88. The lowest BCUT2D eigenvalue weighted by atomic mass is 9.92. The maximum absolute atomic E-state index is 6.49. The molecule has 2 aromatic rings. The molecule has 0 spiro atoms. The minimum absolute atomic E-state index is 0.208. The van der Waals surface area contributed by atoms with Crippen molar-refractivity contribution < 1.29 is 4.74 Å². The molecule has 1 atom stereocenters. The van der Waals surface area contributed by atoms with Crippen LogP contribution in [-0.2, 0) is 6.42 Å². The van der Waals surface area contributed by atoms with Gasteiger partial charge in [-0.15, -0.1) is 0 Å². The van der Waals surface area contributed by atoms with Crippen LogP contribution in [0.15, 0.2) is 30.3 Å². The number of fused-ring (bicyclic) bond motifs is 1. The van der Waals surface area contributed by atoms with Crippen LogP contribution in [0.5, 0.6) is 5.75 Å². The van der Waals surface area contributed by atoms with E-state index in [1.54, 1.807) is 0 Å². The largest absolute Gasteiger partial charge is 0.493 e. The summed E-state index contributed by atoms with van der Waals surface area (Å²) in [5, 5.41) is 0.727. The summed E-state index contributed by atoms with van der Waals surface area (Å²) in [6, 6.07) is 9.92. The quantitative estimate of drug-likeness (QED) is 0.908. The Labute approximate surface area is 124 Å². The third-order valence-corrected chi connectivity index (χ3v) is 4.31. The minimum atomic E-state index is -0.208. The van der Waals surface area contributed by atoms with Crippen molar-refractivity contribution in [2.24, 2.45) is 5.73 Å². The van der Waals surface area contributed by atoms with Gasteiger partial charge in [0.15, 0.2) is 0 Å². The Hall–Kier alpha value is -1.51. The molecule has 3 rings (SSSR count). The van der Waals surface area contributed by atoms with Crippen molar-refractivity contribution in [3.63, 3.8) is 0 Å². The van der Waals surface area contributed by atoms with Crippen molar-refractivity contribution in [1.29, 1.82) is 0 Å². The lowest BCUT2D eigenvalue weighted by Crippen LogP contribution is -2.15. The molecule has 1 aliphatic rings. The summed E-state index contributed by atoms with van der Waals surface area (Å²) in [6.45, 7) is 4.92.